The molecule has 0 unspecified atom stereocenters. The van der Waals surface area contributed by atoms with Gasteiger partial charge >= 0.3 is 0 Å². The zero-order chi connectivity index (χ0) is 13.0. The molecule has 96 valence electrons. The van der Waals surface area contributed by atoms with Gasteiger partial charge in [0.2, 0.25) is 10.0 Å². The van der Waals surface area contributed by atoms with Crippen molar-refractivity contribution in [1.82, 2.24) is 14.7 Å². The Labute approximate surface area is 106 Å². The Bertz CT molecular complexity index is 589. The minimum atomic E-state index is -3.47. The Morgan fingerprint density at radius 1 is 1.28 bits per heavy atom. The summed E-state index contributed by atoms with van der Waals surface area (Å²) in [7, 11) is -3.47. The first kappa shape index (κ1) is 12.8. The number of H-pyrrole nitrogens is 1. The highest BCUT2D eigenvalue weighted by atomic mass is 32.2. The van der Waals surface area contributed by atoms with Crippen LogP contribution in [0.4, 0.5) is 0 Å². The fourth-order valence-electron chi connectivity index (χ4n) is 1.55. The van der Waals surface area contributed by atoms with E-state index in [1.807, 2.05) is 19.1 Å². The Morgan fingerprint density at radius 2 is 2.00 bits per heavy atom. The number of nitrogens with zero attached hydrogens (tertiary/aromatic N) is 1. The number of hydrogen-bond donors (Lipinski definition) is 2. The number of benzene rings is 1. The molecule has 0 spiro atoms. The lowest BCUT2D eigenvalue weighted by Gasteiger charge is -2.06. The van der Waals surface area contributed by atoms with E-state index in [0.717, 1.165) is 12.0 Å². The van der Waals surface area contributed by atoms with Crippen LogP contribution < -0.4 is 4.72 Å². The summed E-state index contributed by atoms with van der Waals surface area (Å²) in [6.45, 7) is 2.18. The minimum Gasteiger partial charge on any atom is -0.347 e. The van der Waals surface area contributed by atoms with Gasteiger partial charge in [0.25, 0.3) is 0 Å². The van der Waals surface area contributed by atoms with Gasteiger partial charge in [-0.2, -0.15) is 0 Å². The fourth-order valence-corrected chi connectivity index (χ4v) is 2.53. The van der Waals surface area contributed by atoms with Crippen LogP contribution in [0.5, 0.6) is 0 Å². The molecule has 18 heavy (non-hydrogen) atoms. The van der Waals surface area contributed by atoms with E-state index in [2.05, 4.69) is 14.7 Å². The van der Waals surface area contributed by atoms with Crippen LogP contribution in [-0.4, -0.2) is 18.4 Å². The maximum Gasteiger partial charge on any atom is 0.240 e. The molecule has 0 aliphatic heterocycles. The predicted molar refractivity (Wildman–Crippen MR) is 68.4 cm³/mol. The third-order valence-electron chi connectivity index (χ3n) is 2.63. The van der Waals surface area contributed by atoms with Crippen molar-refractivity contribution in [3.05, 3.63) is 48.0 Å². The second-order valence-electron chi connectivity index (χ2n) is 3.86. The topological polar surface area (TPSA) is 74.8 Å². The van der Waals surface area contributed by atoms with Crippen molar-refractivity contribution < 1.29 is 8.42 Å². The first-order valence-electron chi connectivity index (χ1n) is 5.68. The van der Waals surface area contributed by atoms with E-state index in [0.29, 0.717) is 5.82 Å². The maximum absolute atomic E-state index is 12.0. The predicted octanol–water partition coefficient (Wildman–Crippen LogP) is 1.45. The van der Waals surface area contributed by atoms with Crippen molar-refractivity contribution >= 4 is 10.0 Å². The van der Waals surface area contributed by atoms with Crippen LogP contribution in [0.25, 0.3) is 0 Å². The standard InChI is InChI=1S/C12H15N3O2S/c1-2-10-3-5-11(6-4-10)18(16,17)15-9-12-13-7-8-14-12/h3-8,15H,2,9H2,1H3,(H,13,14). The lowest BCUT2D eigenvalue weighted by molar-refractivity contribution is 0.579. The average molecular weight is 265 g/mol. The highest BCUT2D eigenvalue weighted by Crippen LogP contribution is 2.11. The molecule has 0 saturated heterocycles. The highest BCUT2D eigenvalue weighted by molar-refractivity contribution is 7.89. The van der Waals surface area contributed by atoms with Gasteiger partial charge in [0.05, 0.1) is 11.4 Å². The van der Waals surface area contributed by atoms with E-state index < -0.39 is 10.0 Å². The lowest BCUT2D eigenvalue weighted by Crippen LogP contribution is -2.23. The molecular weight excluding hydrogens is 250 g/mol. The van der Waals surface area contributed by atoms with Crippen LogP contribution in [0, 0.1) is 0 Å². The van der Waals surface area contributed by atoms with E-state index in [9.17, 15) is 8.42 Å². The van der Waals surface area contributed by atoms with Crippen molar-refractivity contribution in [2.24, 2.45) is 0 Å². The molecule has 0 fully saturated rings. The quantitative estimate of drug-likeness (QED) is 0.859. The van der Waals surface area contributed by atoms with Crippen LogP contribution in [0.15, 0.2) is 41.6 Å². The lowest BCUT2D eigenvalue weighted by atomic mass is 10.2. The molecule has 6 heteroatoms. The largest absolute Gasteiger partial charge is 0.347 e. The third-order valence-corrected chi connectivity index (χ3v) is 4.04. The number of rotatable bonds is 5. The molecule has 1 heterocycles. The van der Waals surface area contributed by atoms with Crippen LogP contribution in [0.3, 0.4) is 0 Å². The van der Waals surface area contributed by atoms with E-state index in [1.165, 1.54) is 0 Å². The number of aromatic nitrogens is 2. The molecule has 0 atom stereocenters. The van der Waals surface area contributed by atoms with Crippen LogP contribution in [0.1, 0.15) is 18.3 Å². The first-order valence-corrected chi connectivity index (χ1v) is 7.17. The molecule has 1 aromatic heterocycles. The maximum atomic E-state index is 12.0. The van der Waals surface area contributed by atoms with Gasteiger partial charge in [-0.1, -0.05) is 19.1 Å². The molecule has 2 rings (SSSR count). The average Bonchev–Trinajstić information content (AvgIpc) is 2.90. The molecule has 0 amide bonds. The summed E-state index contributed by atoms with van der Waals surface area (Å²) < 4.78 is 26.4. The van der Waals surface area contributed by atoms with Crippen LogP contribution >= 0.6 is 0 Å². The summed E-state index contributed by atoms with van der Waals surface area (Å²) in [5.74, 6) is 0.587. The molecule has 0 bridgehead atoms. The van der Waals surface area contributed by atoms with E-state index in [1.54, 1.807) is 24.5 Å². The van der Waals surface area contributed by atoms with Gasteiger partial charge < -0.3 is 4.98 Å². The first-order chi connectivity index (χ1) is 8.62. The number of hydrogen-bond acceptors (Lipinski definition) is 3. The SMILES string of the molecule is CCc1ccc(S(=O)(=O)NCc2ncc[nH]2)cc1. The van der Waals surface area contributed by atoms with Crippen LogP contribution in [0.2, 0.25) is 0 Å². The van der Waals surface area contributed by atoms with Gasteiger partial charge in [-0.25, -0.2) is 18.1 Å². The second-order valence-corrected chi connectivity index (χ2v) is 5.62. The van der Waals surface area contributed by atoms with Crippen molar-refractivity contribution in [3.63, 3.8) is 0 Å². The Hall–Kier alpha value is -1.66. The Balaban J connectivity index is 2.09. The van der Waals surface area contributed by atoms with Crippen molar-refractivity contribution in [1.29, 1.82) is 0 Å². The summed E-state index contributed by atoms with van der Waals surface area (Å²) >= 11 is 0. The Kier molecular flexibility index (Phi) is 3.78. The van der Waals surface area contributed by atoms with Crippen molar-refractivity contribution in [2.45, 2.75) is 24.8 Å². The zero-order valence-corrected chi connectivity index (χ0v) is 10.9. The summed E-state index contributed by atoms with van der Waals surface area (Å²) in [6.07, 6.45) is 4.12. The third kappa shape index (κ3) is 2.96. The molecule has 2 N–H and O–H groups in total. The monoisotopic (exact) mass is 265 g/mol. The fraction of sp³-hybridized carbons (Fsp3) is 0.250. The summed E-state index contributed by atoms with van der Waals surface area (Å²) in [4.78, 5) is 7.07. The number of sulfonamides is 1. The van der Waals surface area contributed by atoms with Gasteiger partial charge in [0, 0.05) is 12.4 Å². The van der Waals surface area contributed by atoms with Gasteiger partial charge in [-0.3, -0.25) is 0 Å². The molecule has 2 aromatic rings. The molecule has 0 radical (unpaired) electrons. The van der Waals surface area contributed by atoms with Gasteiger partial charge in [0.15, 0.2) is 0 Å². The zero-order valence-electron chi connectivity index (χ0n) is 10.1. The minimum absolute atomic E-state index is 0.158. The highest BCUT2D eigenvalue weighted by Gasteiger charge is 2.13. The molecule has 0 aliphatic rings. The summed E-state index contributed by atoms with van der Waals surface area (Å²) in [6, 6.07) is 6.87. The molecule has 0 aliphatic carbocycles. The number of nitrogens with one attached hydrogen (secondary N) is 2. The van der Waals surface area contributed by atoms with Gasteiger partial charge in [0.1, 0.15) is 5.82 Å². The van der Waals surface area contributed by atoms with E-state index in [4.69, 9.17) is 0 Å². The summed E-state index contributed by atoms with van der Waals surface area (Å²) in [5, 5.41) is 0. The van der Waals surface area contributed by atoms with Gasteiger partial charge in [-0.15, -0.1) is 0 Å². The number of imidazole rings is 1. The molecule has 0 saturated carbocycles. The van der Waals surface area contributed by atoms with Crippen molar-refractivity contribution in [2.75, 3.05) is 0 Å². The van der Waals surface area contributed by atoms with E-state index >= 15 is 0 Å². The molecule has 5 nitrogen and oxygen atoms in total. The van der Waals surface area contributed by atoms with E-state index in [-0.39, 0.29) is 11.4 Å². The number of aryl methyl sites for hydroxylation is 1. The normalized spacial score (nSPS) is 11.6. The molecule has 1 aromatic carbocycles. The number of aromatic amines is 1. The summed E-state index contributed by atoms with van der Waals surface area (Å²) in [5.41, 5.74) is 1.11. The molecular formula is C12H15N3O2S. The van der Waals surface area contributed by atoms with Crippen LogP contribution in [-0.2, 0) is 23.0 Å². The smallest absolute Gasteiger partial charge is 0.240 e. The Morgan fingerprint density at radius 3 is 2.56 bits per heavy atom. The second kappa shape index (κ2) is 5.32. The van der Waals surface area contributed by atoms with Gasteiger partial charge in [-0.05, 0) is 24.1 Å². The van der Waals surface area contributed by atoms with Crippen molar-refractivity contribution in [3.8, 4) is 0 Å².